The van der Waals surface area contributed by atoms with Gasteiger partial charge in [-0.05, 0) is 61.9 Å². The van der Waals surface area contributed by atoms with Gasteiger partial charge in [-0.3, -0.25) is 4.90 Å². The average molecular weight is 543 g/mol. The van der Waals surface area contributed by atoms with Crippen molar-refractivity contribution >= 4 is 23.2 Å². The Morgan fingerprint density at radius 2 is 1.75 bits per heavy atom. The van der Waals surface area contributed by atoms with Gasteiger partial charge >= 0.3 is 6.03 Å². The minimum Gasteiger partial charge on any atom is -0.492 e. The molecule has 40 heavy (non-hydrogen) atoms. The Balaban J connectivity index is 1.08. The number of urea groups is 1. The van der Waals surface area contributed by atoms with E-state index in [0.29, 0.717) is 35.8 Å². The molecular formula is C31H35FN6O2. The molecule has 2 aromatic carbocycles. The van der Waals surface area contributed by atoms with Gasteiger partial charge in [0.1, 0.15) is 18.2 Å². The summed E-state index contributed by atoms with van der Waals surface area (Å²) in [4.78, 5) is 28.3. The number of rotatable bonds is 7. The van der Waals surface area contributed by atoms with Crippen LogP contribution in [0.4, 0.5) is 20.7 Å². The zero-order valence-corrected chi connectivity index (χ0v) is 22.9. The summed E-state index contributed by atoms with van der Waals surface area (Å²) >= 11 is 0. The molecule has 3 aromatic rings. The number of amides is 2. The molecule has 4 heterocycles. The second-order valence-electron chi connectivity index (χ2n) is 10.8. The van der Waals surface area contributed by atoms with Crippen LogP contribution >= 0.6 is 0 Å². The molecule has 2 amide bonds. The first-order valence-corrected chi connectivity index (χ1v) is 14.1. The zero-order valence-electron chi connectivity index (χ0n) is 22.9. The van der Waals surface area contributed by atoms with Gasteiger partial charge in [0, 0.05) is 80.8 Å². The lowest BCUT2D eigenvalue weighted by Crippen LogP contribution is -2.45. The largest absolute Gasteiger partial charge is 0.492 e. The van der Waals surface area contributed by atoms with Gasteiger partial charge in [-0.1, -0.05) is 12.1 Å². The third-order valence-corrected chi connectivity index (χ3v) is 7.92. The number of benzene rings is 2. The highest BCUT2D eigenvalue weighted by atomic mass is 19.1. The van der Waals surface area contributed by atoms with Crippen LogP contribution in [0.1, 0.15) is 24.0 Å². The molecule has 6 rings (SSSR count). The molecule has 9 heteroatoms. The van der Waals surface area contributed by atoms with Gasteiger partial charge in [0.25, 0.3) is 0 Å². The third kappa shape index (κ3) is 6.00. The van der Waals surface area contributed by atoms with E-state index in [-0.39, 0.29) is 11.8 Å². The van der Waals surface area contributed by atoms with Crippen LogP contribution in [-0.4, -0.2) is 90.9 Å². The summed E-state index contributed by atoms with van der Waals surface area (Å²) in [6.07, 6.45) is 4.31. The molecule has 2 saturated heterocycles. The number of fused-ring (bicyclic) bond motifs is 1. The van der Waals surface area contributed by atoms with Crippen LogP contribution in [0.5, 0.6) is 5.75 Å². The standard InChI is InChI=1S/C31H35FN6O2/c1-36-12-14-37(15-13-36)16-17-40-26-7-4-22(5-8-26)24-18-23-19-29(35-30(23)33-21-24)27-20-25(6-9-28(27)32)34-31(39)38-10-2-3-11-38/h4-9,18,20-21H,2-3,10-17,19H2,1H3,(H,34,39). The minimum atomic E-state index is -0.367. The fourth-order valence-electron chi connectivity index (χ4n) is 5.45. The topological polar surface area (TPSA) is 73.3 Å². The number of anilines is 1. The van der Waals surface area contributed by atoms with Crippen LogP contribution in [0.3, 0.4) is 0 Å². The van der Waals surface area contributed by atoms with E-state index in [1.165, 1.54) is 6.07 Å². The highest BCUT2D eigenvalue weighted by Gasteiger charge is 2.22. The number of likely N-dealkylation sites (N-methyl/N-ethyl adjacent to an activating group) is 1. The molecule has 0 bridgehead atoms. The molecule has 1 aromatic heterocycles. The molecule has 0 atom stereocenters. The van der Waals surface area contributed by atoms with Crippen LogP contribution < -0.4 is 10.1 Å². The third-order valence-electron chi connectivity index (χ3n) is 7.92. The first kappa shape index (κ1) is 26.4. The summed E-state index contributed by atoms with van der Waals surface area (Å²) in [6.45, 7) is 7.49. The van der Waals surface area contributed by atoms with Crippen LogP contribution in [-0.2, 0) is 6.42 Å². The molecular weight excluding hydrogens is 507 g/mol. The first-order valence-electron chi connectivity index (χ1n) is 14.1. The molecule has 1 N–H and O–H groups in total. The van der Waals surface area contributed by atoms with Crippen molar-refractivity contribution in [1.29, 1.82) is 0 Å². The van der Waals surface area contributed by atoms with Crippen molar-refractivity contribution in [3.63, 3.8) is 0 Å². The summed E-state index contributed by atoms with van der Waals surface area (Å²) in [5, 5.41) is 2.90. The summed E-state index contributed by atoms with van der Waals surface area (Å²) in [6, 6.07) is 14.6. The number of carbonyl (C=O) groups excluding carboxylic acids is 1. The molecule has 8 nitrogen and oxygen atoms in total. The van der Waals surface area contributed by atoms with Crippen LogP contribution in [0.15, 0.2) is 59.7 Å². The van der Waals surface area contributed by atoms with Gasteiger partial charge in [0.2, 0.25) is 0 Å². The number of halogens is 1. The van der Waals surface area contributed by atoms with Crippen LogP contribution in [0.2, 0.25) is 0 Å². The van der Waals surface area contributed by atoms with E-state index < -0.39 is 0 Å². The number of likely N-dealkylation sites (tertiary alicyclic amines) is 1. The maximum atomic E-state index is 14.8. The van der Waals surface area contributed by atoms with Gasteiger partial charge in [0.15, 0.2) is 5.82 Å². The highest BCUT2D eigenvalue weighted by molar-refractivity contribution is 6.07. The van der Waals surface area contributed by atoms with Crippen molar-refractivity contribution < 1.29 is 13.9 Å². The van der Waals surface area contributed by atoms with Crippen LogP contribution in [0, 0.1) is 5.82 Å². The lowest BCUT2D eigenvalue weighted by atomic mass is 10.0. The molecule has 2 fully saturated rings. The number of hydrogen-bond acceptors (Lipinski definition) is 6. The lowest BCUT2D eigenvalue weighted by molar-refractivity contribution is 0.134. The predicted octanol–water partition coefficient (Wildman–Crippen LogP) is 4.82. The molecule has 0 aliphatic carbocycles. The summed E-state index contributed by atoms with van der Waals surface area (Å²) < 4.78 is 20.8. The summed E-state index contributed by atoms with van der Waals surface area (Å²) in [5.74, 6) is 1.09. The predicted molar refractivity (Wildman–Crippen MR) is 155 cm³/mol. The van der Waals surface area contributed by atoms with E-state index in [4.69, 9.17) is 4.74 Å². The summed E-state index contributed by atoms with van der Waals surface area (Å²) in [5.41, 5.74) is 4.52. The van der Waals surface area contributed by atoms with Crippen LogP contribution in [0.25, 0.3) is 11.1 Å². The van der Waals surface area contributed by atoms with E-state index in [2.05, 4.69) is 38.2 Å². The monoisotopic (exact) mass is 542 g/mol. The number of aliphatic imine (C=N–C) groups is 1. The quantitative estimate of drug-likeness (QED) is 0.464. The van der Waals surface area contributed by atoms with Gasteiger partial charge in [-0.2, -0.15) is 0 Å². The lowest BCUT2D eigenvalue weighted by Gasteiger charge is -2.32. The van der Waals surface area contributed by atoms with E-state index in [9.17, 15) is 9.18 Å². The number of piperazine rings is 1. The van der Waals surface area contributed by atoms with Crippen molar-refractivity contribution in [2.75, 3.05) is 64.8 Å². The smallest absolute Gasteiger partial charge is 0.321 e. The van der Waals surface area contributed by atoms with Crippen molar-refractivity contribution in [2.45, 2.75) is 19.3 Å². The number of carbonyl (C=O) groups is 1. The second kappa shape index (κ2) is 11.7. The Labute approximate surface area is 234 Å². The maximum Gasteiger partial charge on any atom is 0.321 e. The van der Waals surface area contributed by atoms with Crippen molar-refractivity contribution in [2.24, 2.45) is 4.99 Å². The summed E-state index contributed by atoms with van der Waals surface area (Å²) in [7, 11) is 2.16. The van der Waals surface area contributed by atoms with E-state index >= 15 is 0 Å². The molecule has 0 unspecified atom stereocenters. The van der Waals surface area contributed by atoms with Gasteiger partial charge in [-0.15, -0.1) is 0 Å². The number of ether oxygens (including phenoxy) is 1. The number of nitrogens with zero attached hydrogens (tertiary/aromatic N) is 5. The van der Waals surface area contributed by atoms with Gasteiger partial charge < -0.3 is 19.9 Å². The zero-order chi connectivity index (χ0) is 27.5. The number of hydrogen-bond donors (Lipinski definition) is 1. The van der Waals surface area contributed by atoms with E-state index in [1.807, 2.05) is 24.3 Å². The normalized spacial score (nSPS) is 17.6. The molecule has 208 valence electrons. The highest BCUT2D eigenvalue weighted by Crippen LogP contribution is 2.32. The Morgan fingerprint density at radius 3 is 2.52 bits per heavy atom. The Hall–Kier alpha value is -3.82. The van der Waals surface area contributed by atoms with Crippen molar-refractivity contribution in [3.8, 4) is 16.9 Å². The number of pyridine rings is 1. The molecule has 3 aliphatic rings. The van der Waals surface area contributed by atoms with E-state index in [1.54, 1.807) is 23.2 Å². The molecule has 0 spiro atoms. The molecule has 3 aliphatic heterocycles. The Bertz CT molecular complexity index is 1400. The second-order valence-corrected chi connectivity index (χ2v) is 10.8. The Kier molecular flexibility index (Phi) is 7.75. The minimum absolute atomic E-state index is 0.149. The number of nitrogens with one attached hydrogen (secondary N) is 1. The maximum absolute atomic E-state index is 14.8. The Morgan fingerprint density at radius 1 is 0.975 bits per heavy atom. The van der Waals surface area contributed by atoms with Gasteiger partial charge in [-0.25, -0.2) is 19.2 Å². The fraction of sp³-hybridized carbons (Fsp3) is 0.387. The van der Waals surface area contributed by atoms with Crippen molar-refractivity contribution in [1.82, 2.24) is 19.7 Å². The van der Waals surface area contributed by atoms with Gasteiger partial charge in [0.05, 0.1) is 5.71 Å². The van der Waals surface area contributed by atoms with E-state index in [0.717, 1.165) is 81.1 Å². The first-order chi connectivity index (χ1) is 19.5. The number of aromatic nitrogens is 1. The molecule has 0 radical (unpaired) electrons. The van der Waals surface area contributed by atoms with Crippen molar-refractivity contribution in [3.05, 3.63) is 71.7 Å². The molecule has 0 saturated carbocycles. The fourth-order valence-corrected chi connectivity index (χ4v) is 5.45. The average Bonchev–Trinajstić information content (AvgIpc) is 3.66. The SMILES string of the molecule is CN1CCN(CCOc2ccc(-c3cnc4c(c3)CC(c3cc(NC(=O)N5CCCC5)ccc3F)=N4)cc2)CC1.